The van der Waals surface area contributed by atoms with Crippen LogP contribution in [-0.4, -0.2) is 53.9 Å². The molecule has 0 saturated heterocycles. The van der Waals surface area contributed by atoms with Gasteiger partial charge < -0.3 is 13.7 Å². The summed E-state index contributed by atoms with van der Waals surface area (Å²) in [5.41, 5.74) is 0. The Hall–Kier alpha value is -2.30. The van der Waals surface area contributed by atoms with E-state index in [0.29, 0.717) is 0 Å². The summed E-state index contributed by atoms with van der Waals surface area (Å²) in [5.74, 6) is 0. The Morgan fingerprint density at radius 1 is 0.484 bits per heavy atom. The third-order valence-electron chi connectivity index (χ3n) is 2.68. The van der Waals surface area contributed by atoms with Crippen molar-refractivity contribution in [2.45, 2.75) is 15.1 Å². The van der Waals surface area contributed by atoms with Crippen LogP contribution in [0.5, 0.6) is 0 Å². The zero-order valence-electron chi connectivity index (χ0n) is 15.0. The molecule has 0 atom stereocenters. The Kier molecular flexibility index (Phi) is 11.6. The van der Waals surface area contributed by atoms with Crippen molar-refractivity contribution in [2.24, 2.45) is 0 Å². The minimum Gasteiger partial charge on any atom is -0.743 e. The summed E-state index contributed by atoms with van der Waals surface area (Å²) in [6.45, 7) is 0. The van der Waals surface area contributed by atoms with Gasteiger partial charge in [-0.3, -0.25) is 0 Å². The Labute approximate surface area is 189 Å². The van der Waals surface area contributed by atoms with Gasteiger partial charge >= 0.3 is 17.1 Å². The maximum absolute atomic E-state index is 10.2. The van der Waals surface area contributed by atoms with Gasteiger partial charge in [0.15, 0.2) is 0 Å². The minimum atomic E-state index is -4.36. The molecular weight excluding hydrogens is 518 g/mol. The van der Waals surface area contributed by atoms with Gasteiger partial charge in [-0.15, -0.1) is 0 Å². The van der Waals surface area contributed by atoms with E-state index < -0.39 is 45.4 Å². The first kappa shape index (κ1) is 28.7. The normalized spacial score (nSPS) is 10.9. The summed E-state index contributed by atoms with van der Waals surface area (Å²) >= 11 is 0. The van der Waals surface area contributed by atoms with Crippen molar-refractivity contribution in [1.29, 1.82) is 0 Å². The Bertz CT molecular complexity index is 1080. The minimum absolute atomic E-state index is 0. The maximum Gasteiger partial charge on any atom is 3.00 e. The second-order valence-corrected chi connectivity index (χ2v) is 8.85. The van der Waals surface area contributed by atoms with Crippen molar-refractivity contribution in [3.05, 3.63) is 73.2 Å². The molecule has 3 rings (SSSR count). The van der Waals surface area contributed by atoms with Gasteiger partial charge in [0.25, 0.3) is 0 Å². The van der Waals surface area contributed by atoms with Gasteiger partial charge in [-0.05, 0) is 36.4 Å². The van der Waals surface area contributed by atoms with Crippen LogP contribution in [0.15, 0.2) is 88.3 Å². The Balaban J connectivity index is 0.000000429. The predicted molar refractivity (Wildman–Crippen MR) is 96.6 cm³/mol. The van der Waals surface area contributed by atoms with Gasteiger partial charge in [0.1, 0.15) is 45.4 Å². The second kappa shape index (κ2) is 12.5. The fraction of sp³-hybridized carbons (Fsp3) is 0. The summed E-state index contributed by atoms with van der Waals surface area (Å²) in [6.07, 6.45) is 3.76. The van der Waals surface area contributed by atoms with E-state index in [1.165, 1.54) is 55.0 Å². The van der Waals surface area contributed by atoms with Crippen molar-refractivity contribution in [3.63, 3.8) is 0 Å². The van der Waals surface area contributed by atoms with Crippen molar-refractivity contribution in [2.75, 3.05) is 0 Å². The number of hydrogen-bond acceptors (Lipinski definition) is 12. The first-order chi connectivity index (χ1) is 13.8. The van der Waals surface area contributed by atoms with Gasteiger partial charge in [-0.25, -0.2) is 40.2 Å². The van der Waals surface area contributed by atoms with Crippen LogP contribution in [0, 0.1) is 0 Å². The molecule has 16 heteroatoms. The summed E-state index contributed by atoms with van der Waals surface area (Å²) < 4.78 is 91.9. The zero-order chi connectivity index (χ0) is 22.8. The smallest absolute Gasteiger partial charge is 0.743 e. The molecule has 167 valence electrons. The van der Waals surface area contributed by atoms with E-state index in [4.69, 9.17) is 0 Å². The summed E-state index contributed by atoms with van der Waals surface area (Å²) in [7, 11) is -13.1. The molecular formula is C15H12FeN3O9S3. The van der Waals surface area contributed by atoms with E-state index in [-0.39, 0.29) is 17.1 Å². The molecule has 0 aromatic carbocycles. The molecule has 0 unspecified atom stereocenters. The van der Waals surface area contributed by atoms with Gasteiger partial charge in [0.2, 0.25) is 0 Å². The molecule has 0 spiro atoms. The molecule has 3 heterocycles. The quantitative estimate of drug-likeness (QED) is 0.322. The third kappa shape index (κ3) is 11.6. The number of aromatic nitrogens is 3. The van der Waals surface area contributed by atoms with E-state index in [0.717, 1.165) is 18.2 Å². The van der Waals surface area contributed by atoms with E-state index in [9.17, 15) is 38.9 Å². The van der Waals surface area contributed by atoms with Crippen LogP contribution in [0.25, 0.3) is 0 Å². The summed E-state index contributed by atoms with van der Waals surface area (Å²) in [4.78, 5) is 10.0. The van der Waals surface area contributed by atoms with Crippen LogP contribution >= 0.6 is 0 Å². The predicted octanol–water partition coefficient (Wildman–Crippen LogP) is -0.0454. The molecule has 1 radical (unpaired) electrons. The maximum atomic E-state index is 10.2. The number of nitrogens with zero attached hydrogens (tertiary/aromatic N) is 3. The van der Waals surface area contributed by atoms with E-state index >= 15 is 0 Å². The molecule has 3 aromatic rings. The molecule has 0 amide bonds. The largest absolute Gasteiger partial charge is 3.00 e. The first-order valence-electron chi connectivity index (χ1n) is 7.42. The van der Waals surface area contributed by atoms with Crippen molar-refractivity contribution >= 4 is 30.4 Å². The molecule has 0 N–H and O–H groups in total. The van der Waals surface area contributed by atoms with E-state index in [1.54, 1.807) is 0 Å². The number of hydrogen-bond donors (Lipinski definition) is 0. The van der Waals surface area contributed by atoms with Gasteiger partial charge in [-0.1, -0.05) is 18.2 Å². The molecule has 0 aliphatic heterocycles. The van der Waals surface area contributed by atoms with Crippen LogP contribution in [0.1, 0.15) is 0 Å². The van der Waals surface area contributed by atoms with Crippen LogP contribution in [0.3, 0.4) is 0 Å². The second-order valence-electron chi connectivity index (χ2n) is 4.87. The monoisotopic (exact) mass is 530 g/mol. The molecule has 3 aromatic heterocycles. The van der Waals surface area contributed by atoms with Gasteiger partial charge in [-0.2, -0.15) is 0 Å². The third-order valence-corrected chi connectivity index (χ3v) is 4.94. The Morgan fingerprint density at radius 3 is 0.806 bits per heavy atom. The SMILES string of the molecule is O=S(=O)([O-])c1ccccn1.O=S(=O)([O-])c1ccccn1.O=S(=O)([O-])c1ccccn1.[Fe+3]. The van der Waals surface area contributed by atoms with Crippen LogP contribution in [-0.2, 0) is 47.4 Å². The van der Waals surface area contributed by atoms with E-state index in [1.807, 2.05) is 0 Å². The van der Waals surface area contributed by atoms with Crippen molar-refractivity contribution < 1.29 is 56.0 Å². The summed E-state index contributed by atoms with van der Waals surface area (Å²) in [5, 5.41) is -1.31. The van der Waals surface area contributed by atoms with Crippen molar-refractivity contribution in [3.8, 4) is 0 Å². The standard InChI is InChI=1S/3C5H5NO3S.Fe/c3*7-10(8,9)5-3-1-2-4-6-5;/h3*1-4H,(H,7,8,9);/q;;;+3/p-3. The van der Waals surface area contributed by atoms with Crippen LogP contribution < -0.4 is 0 Å². The molecule has 31 heavy (non-hydrogen) atoms. The van der Waals surface area contributed by atoms with Crippen LogP contribution in [0.4, 0.5) is 0 Å². The molecule has 0 aliphatic carbocycles. The first-order valence-corrected chi connectivity index (χ1v) is 11.6. The average Bonchev–Trinajstić information content (AvgIpc) is 2.69. The zero-order valence-corrected chi connectivity index (χ0v) is 18.6. The fourth-order valence-corrected chi connectivity index (χ4v) is 2.79. The molecule has 0 bridgehead atoms. The van der Waals surface area contributed by atoms with Crippen LogP contribution in [0.2, 0.25) is 0 Å². The molecule has 0 saturated carbocycles. The molecule has 0 aliphatic rings. The Morgan fingerprint density at radius 2 is 0.710 bits per heavy atom. The fourth-order valence-electron chi connectivity index (χ4n) is 1.48. The topological polar surface area (TPSA) is 210 Å². The van der Waals surface area contributed by atoms with Gasteiger partial charge in [0, 0.05) is 18.6 Å². The summed E-state index contributed by atoms with van der Waals surface area (Å²) in [6, 6.07) is 12.4. The van der Waals surface area contributed by atoms with E-state index in [2.05, 4.69) is 15.0 Å². The molecule has 0 fully saturated rings. The number of rotatable bonds is 3. The van der Waals surface area contributed by atoms with Crippen molar-refractivity contribution in [1.82, 2.24) is 15.0 Å². The van der Waals surface area contributed by atoms with Gasteiger partial charge in [0.05, 0.1) is 0 Å². The average molecular weight is 530 g/mol. The number of pyridine rings is 3. The molecule has 12 nitrogen and oxygen atoms in total.